The minimum atomic E-state index is 0.293. The first-order chi connectivity index (χ1) is 10.3. The second-order valence-corrected chi connectivity index (χ2v) is 5.98. The van der Waals surface area contributed by atoms with Gasteiger partial charge < -0.3 is 20.5 Å². The Balaban J connectivity index is 1.63. The molecular formula is C16H19N3O2. The van der Waals surface area contributed by atoms with Crippen LogP contribution in [-0.2, 0) is 0 Å². The highest BCUT2D eigenvalue weighted by Gasteiger charge is 2.41. The number of nitrogens with two attached hydrogens (primary N) is 1. The number of hydrogen-bond donors (Lipinski definition) is 2. The van der Waals surface area contributed by atoms with Crippen LogP contribution in [0.5, 0.6) is 11.5 Å². The van der Waals surface area contributed by atoms with E-state index >= 15 is 0 Å². The van der Waals surface area contributed by atoms with E-state index < -0.39 is 0 Å². The van der Waals surface area contributed by atoms with Gasteiger partial charge in [0.1, 0.15) is 5.82 Å². The Morgan fingerprint density at radius 2 is 2.05 bits per heavy atom. The van der Waals surface area contributed by atoms with Crippen molar-refractivity contribution in [2.75, 3.05) is 25.2 Å². The molecule has 5 heteroatoms. The largest absolute Gasteiger partial charge is 0.454 e. The van der Waals surface area contributed by atoms with Crippen molar-refractivity contribution in [1.29, 1.82) is 0 Å². The van der Waals surface area contributed by atoms with Gasteiger partial charge >= 0.3 is 0 Å². The molecule has 0 unspecified atom stereocenters. The number of benzene rings is 1. The smallest absolute Gasteiger partial charge is 0.231 e. The zero-order chi connectivity index (χ0) is 14.3. The predicted molar refractivity (Wildman–Crippen MR) is 81.7 cm³/mol. The van der Waals surface area contributed by atoms with E-state index in [1.54, 1.807) is 0 Å². The van der Waals surface area contributed by atoms with Crippen LogP contribution >= 0.6 is 0 Å². The third-order valence-electron chi connectivity index (χ3n) is 4.52. The topological polar surface area (TPSA) is 69.4 Å². The van der Waals surface area contributed by atoms with E-state index in [-0.39, 0.29) is 0 Å². The molecule has 1 fully saturated rings. The van der Waals surface area contributed by atoms with Gasteiger partial charge in [-0.3, -0.25) is 0 Å². The van der Waals surface area contributed by atoms with Gasteiger partial charge in [-0.15, -0.1) is 0 Å². The van der Waals surface area contributed by atoms with Crippen molar-refractivity contribution in [3.63, 3.8) is 0 Å². The second kappa shape index (κ2) is 4.77. The van der Waals surface area contributed by atoms with Crippen LogP contribution in [0.3, 0.4) is 0 Å². The molecule has 0 saturated heterocycles. The fourth-order valence-corrected chi connectivity index (χ4v) is 2.97. The molecule has 110 valence electrons. The lowest BCUT2D eigenvalue weighted by Crippen LogP contribution is -2.19. The molecule has 1 aliphatic heterocycles. The molecule has 3 N–H and O–H groups in total. The van der Waals surface area contributed by atoms with Gasteiger partial charge in [-0.1, -0.05) is 0 Å². The molecule has 0 radical (unpaired) electrons. The van der Waals surface area contributed by atoms with Crippen LogP contribution in [0.25, 0.3) is 10.8 Å². The standard InChI is InChI=1S/C16H19N3O2/c17-5-4-16(2-3-16)9-19-15-12-8-14-13(20-10-21-14)7-11(12)1-6-18-15/h1,6-8H,2-5,9-10,17H2,(H,18,19). The summed E-state index contributed by atoms with van der Waals surface area (Å²) >= 11 is 0. The van der Waals surface area contributed by atoms with E-state index in [2.05, 4.69) is 10.3 Å². The van der Waals surface area contributed by atoms with Crippen molar-refractivity contribution >= 4 is 16.6 Å². The lowest BCUT2D eigenvalue weighted by Gasteiger charge is -2.16. The van der Waals surface area contributed by atoms with Gasteiger partial charge in [-0.2, -0.15) is 0 Å². The molecule has 1 aliphatic carbocycles. The Morgan fingerprint density at radius 3 is 2.81 bits per heavy atom. The summed E-state index contributed by atoms with van der Waals surface area (Å²) in [5.74, 6) is 2.51. The molecule has 2 aromatic rings. The van der Waals surface area contributed by atoms with Crippen LogP contribution in [0.2, 0.25) is 0 Å². The molecule has 0 atom stereocenters. The van der Waals surface area contributed by atoms with Gasteiger partial charge in [0, 0.05) is 18.1 Å². The fraction of sp³-hybridized carbons (Fsp3) is 0.438. The number of rotatable bonds is 5. The normalized spacial score (nSPS) is 18.0. The van der Waals surface area contributed by atoms with Gasteiger partial charge in [0.25, 0.3) is 0 Å². The van der Waals surface area contributed by atoms with Crippen LogP contribution in [0.4, 0.5) is 5.82 Å². The predicted octanol–water partition coefficient (Wildman–Crippen LogP) is 2.50. The highest BCUT2D eigenvalue weighted by atomic mass is 16.7. The molecule has 0 amide bonds. The summed E-state index contributed by atoms with van der Waals surface area (Å²) < 4.78 is 10.9. The summed E-state index contributed by atoms with van der Waals surface area (Å²) in [4.78, 5) is 4.48. The van der Waals surface area contributed by atoms with E-state index in [1.165, 1.54) is 12.8 Å². The highest BCUT2D eigenvalue weighted by molar-refractivity contribution is 5.94. The van der Waals surface area contributed by atoms with Crippen LogP contribution in [0.1, 0.15) is 19.3 Å². The average Bonchev–Trinajstić information content (AvgIpc) is 3.11. The number of fused-ring (bicyclic) bond motifs is 2. The Morgan fingerprint density at radius 1 is 1.24 bits per heavy atom. The highest BCUT2D eigenvalue weighted by Crippen LogP contribution is 2.48. The summed E-state index contributed by atoms with van der Waals surface area (Å²) in [6, 6.07) is 6.02. The second-order valence-electron chi connectivity index (χ2n) is 5.98. The van der Waals surface area contributed by atoms with Crippen LogP contribution in [0, 0.1) is 5.41 Å². The van der Waals surface area contributed by atoms with Crippen molar-refractivity contribution in [3.8, 4) is 11.5 Å². The number of ether oxygens (including phenoxy) is 2. The summed E-state index contributed by atoms with van der Waals surface area (Å²) in [7, 11) is 0. The van der Waals surface area contributed by atoms with Gasteiger partial charge in [-0.05, 0) is 54.8 Å². The molecule has 0 bridgehead atoms. The van der Waals surface area contributed by atoms with Gasteiger partial charge in [-0.25, -0.2) is 4.98 Å². The van der Waals surface area contributed by atoms with Crippen LogP contribution in [0.15, 0.2) is 24.4 Å². The van der Waals surface area contributed by atoms with Crippen molar-refractivity contribution in [3.05, 3.63) is 24.4 Å². The monoisotopic (exact) mass is 285 g/mol. The number of nitrogens with one attached hydrogen (secondary N) is 1. The maximum absolute atomic E-state index is 5.70. The molecule has 2 heterocycles. The Labute approximate surface area is 123 Å². The van der Waals surface area contributed by atoms with Crippen molar-refractivity contribution in [1.82, 2.24) is 4.98 Å². The molecular weight excluding hydrogens is 266 g/mol. The summed E-state index contributed by atoms with van der Waals surface area (Å²) in [5.41, 5.74) is 6.09. The van der Waals surface area contributed by atoms with Crippen molar-refractivity contribution in [2.45, 2.75) is 19.3 Å². The first-order valence-electron chi connectivity index (χ1n) is 7.42. The van der Waals surface area contributed by atoms with Crippen LogP contribution < -0.4 is 20.5 Å². The minimum Gasteiger partial charge on any atom is -0.454 e. The van der Waals surface area contributed by atoms with E-state index in [9.17, 15) is 0 Å². The third kappa shape index (κ3) is 2.27. The average molecular weight is 285 g/mol. The molecule has 1 aromatic heterocycles. The molecule has 5 nitrogen and oxygen atoms in total. The molecule has 2 aliphatic rings. The number of pyridine rings is 1. The number of anilines is 1. The number of hydrogen-bond acceptors (Lipinski definition) is 5. The number of aromatic nitrogens is 1. The summed E-state index contributed by atoms with van der Waals surface area (Å²) in [6.07, 6.45) is 5.43. The zero-order valence-corrected chi connectivity index (χ0v) is 11.9. The van der Waals surface area contributed by atoms with E-state index in [1.807, 2.05) is 24.4 Å². The lowest BCUT2D eigenvalue weighted by atomic mass is 10.0. The Hall–Kier alpha value is -2.01. The first kappa shape index (κ1) is 12.7. The zero-order valence-electron chi connectivity index (χ0n) is 11.9. The van der Waals surface area contributed by atoms with Gasteiger partial charge in [0.15, 0.2) is 11.5 Å². The third-order valence-corrected chi connectivity index (χ3v) is 4.52. The molecule has 4 rings (SSSR count). The Bertz CT molecular complexity index is 683. The van der Waals surface area contributed by atoms with Crippen LogP contribution in [-0.4, -0.2) is 24.9 Å². The van der Waals surface area contributed by atoms with E-state index in [4.69, 9.17) is 15.2 Å². The maximum Gasteiger partial charge on any atom is 0.231 e. The lowest BCUT2D eigenvalue weighted by molar-refractivity contribution is 0.174. The minimum absolute atomic E-state index is 0.293. The van der Waals surface area contributed by atoms with Gasteiger partial charge in [0.2, 0.25) is 6.79 Å². The van der Waals surface area contributed by atoms with E-state index in [0.717, 1.165) is 47.6 Å². The maximum atomic E-state index is 5.70. The molecule has 1 saturated carbocycles. The van der Waals surface area contributed by atoms with Crippen molar-refractivity contribution in [2.24, 2.45) is 11.1 Å². The molecule has 21 heavy (non-hydrogen) atoms. The molecule has 0 spiro atoms. The fourth-order valence-electron chi connectivity index (χ4n) is 2.97. The molecule has 1 aromatic carbocycles. The SMILES string of the molecule is NCCC1(CNc2nccc3cc4c(cc23)OCO4)CC1. The first-order valence-corrected chi connectivity index (χ1v) is 7.42. The Kier molecular flexibility index (Phi) is 2.89. The number of nitrogens with zero attached hydrogens (tertiary/aromatic N) is 1. The van der Waals surface area contributed by atoms with Crippen molar-refractivity contribution < 1.29 is 9.47 Å². The summed E-state index contributed by atoms with van der Waals surface area (Å²) in [6.45, 7) is 1.98. The van der Waals surface area contributed by atoms with Gasteiger partial charge in [0.05, 0.1) is 0 Å². The quantitative estimate of drug-likeness (QED) is 0.883. The van der Waals surface area contributed by atoms with E-state index in [0.29, 0.717) is 12.2 Å². The summed E-state index contributed by atoms with van der Waals surface area (Å²) in [5, 5.41) is 5.69.